The van der Waals surface area contributed by atoms with Crippen LogP contribution < -0.4 is 0 Å². The Labute approximate surface area is 74.9 Å². The van der Waals surface area contributed by atoms with E-state index in [1.54, 1.807) is 4.80 Å². The summed E-state index contributed by atoms with van der Waals surface area (Å²) in [6, 6.07) is 0. The van der Waals surface area contributed by atoms with Crippen LogP contribution in [-0.2, 0) is 13.5 Å². The van der Waals surface area contributed by atoms with Gasteiger partial charge in [0.2, 0.25) is 0 Å². The number of aromatic nitrogens is 3. The maximum absolute atomic E-state index is 4.17. The number of unbranched alkanes of at least 4 members (excludes halogenated alkanes) is 1. The molecule has 0 amide bonds. The van der Waals surface area contributed by atoms with Gasteiger partial charge in [0, 0.05) is 12.4 Å². The van der Waals surface area contributed by atoms with E-state index in [2.05, 4.69) is 26.1 Å². The smallest absolute Gasteiger partial charge is 0.0827 e. The maximum Gasteiger partial charge on any atom is 0.0827 e. The van der Waals surface area contributed by atoms with E-state index in [4.69, 9.17) is 0 Å². The molecule has 3 nitrogen and oxygen atoms in total. The van der Waals surface area contributed by atoms with Crippen molar-refractivity contribution in [3.8, 4) is 0 Å². The monoisotopic (exact) mass is 217 g/mol. The van der Waals surface area contributed by atoms with Gasteiger partial charge in [0.25, 0.3) is 0 Å². The molecule has 0 saturated heterocycles. The number of rotatable bonds is 4. The second-order valence-corrected chi connectivity index (χ2v) is 3.26. The Hall–Kier alpha value is -0.380. The molecule has 0 radical (unpaired) electrons. The number of hydrogen-bond acceptors (Lipinski definition) is 2. The second-order valence-electron chi connectivity index (χ2n) is 2.47. The fraction of sp³-hybridized carbons (Fsp3) is 0.714. The zero-order chi connectivity index (χ0) is 8.10. The standard InChI is InChI=1S/C7H12BrN3/c1-11-9-6-7(10-11)4-2-3-5-8/h6H,2-5H2,1H3. The van der Waals surface area contributed by atoms with E-state index in [1.165, 1.54) is 12.8 Å². The van der Waals surface area contributed by atoms with Crippen LogP contribution >= 0.6 is 15.9 Å². The van der Waals surface area contributed by atoms with Crippen LogP contribution in [0, 0.1) is 0 Å². The zero-order valence-electron chi connectivity index (χ0n) is 6.63. The second kappa shape index (κ2) is 4.49. The Bertz CT molecular complexity index is 209. The molecule has 62 valence electrons. The van der Waals surface area contributed by atoms with E-state index >= 15 is 0 Å². The quantitative estimate of drug-likeness (QED) is 0.566. The number of alkyl halides is 1. The number of halogens is 1. The van der Waals surface area contributed by atoms with Gasteiger partial charge in [0.1, 0.15) is 0 Å². The Kier molecular flexibility index (Phi) is 3.56. The van der Waals surface area contributed by atoms with Gasteiger partial charge in [-0.25, -0.2) is 0 Å². The molecule has 0 atom stereocenters. The highest BCUT2D eigenvalue weighted by Crippen LogP contribution is 2.01. The van der Waals surface area contributed by atoms with Gasteiger partial charge in [-0.3, -0.25) is 0 Å². The fourth-order valence-corrected chi connectivity index (χ4v) is 1.30. The highest BCUT2D eigenvalue weighted by atomic mass is 79.9. The first-order chi connectivity index (χ1) is 5.33. The molecular weight excluding hydrogens is 206 g/mol. The molecule has 1 rings (SSSR count). The van der Waals surface area contributed by atoms with E-state index in [0.29, 0.717) is 0 Å². The van der Waals surface area contributed by atoms with Crippen LogP contribution in [0.25, 0.3) is 0 Å². The van der Waals surface area contributed by atoms with Crippen LogP contribution in [0.15, 0.2) is 6.20 Å². The third-order valence-corrected chi connectivity index (χ3v) is 2.02. The summed E-state index contributed by atoms with van der Waals surface area (Å²) in [6.07, 6.45) is 5.26. The molecule has 0 saturated carbocycles. The molecule has 0 aliphatic carbocycles. The van der Waals surface area contributed by atoms with Gasteiger partial charge in [-0.2, -0.15) is 15.0 Å². The molecule has 0 aliphatic rings. The van der Waals surface area contributed by atoms with Crippen molar-refractivity contribution in [3.05, 3.63) is 11.9 Å². The van der Waals surface area contributed by atoms with Crippen molar-refractivity contribution in [2.24, 2.45) is 7.05 Å². The summed E-state index contributed by atoms with van der Waals surface area (Å²) in [5.41, 5.74) is 1.09. The van der Waals surface area contributed by atoms with Crippen molar-refractivity contribution in [3.63, 3.8) is 0 Å². The molecule has 4 heteroatoms. The third kappa shape index (κ3) is 3.01. The number of nitrogens with zero attached hydrogens (tertiary/aromatic N) is 3. The topological polar surface area (TPSA) is 30.7 Å². The van der Waals surface area contributed by atoms with E-state index in [0.717, 1.165) is 17.4 Å². The van der Waals surface area contributed by atoms with Gasteiger partial charge < -0.3 is 0 Å². The van der Waals surface area contributed by atoms with Crippen molar-refractivity contribution in [1.82, 2.24) is 15.0 Å². The van der Waals surface area contributed by atoms with Gasteiger partial charge in [-0.05, 0) is 19.3 Å². The minimum atomic E-state index is 1.04. The molecule has 1 aromatic rings. The van der Waals surface area contributed by atoms with Crippen LogP contribution in [0.3, 0.4) is 0 Å². The summed E-state index contributed by atoms with van der Waals surface area (Å²) in [5, 5.41) is 9.24. The van der Waals surface area contributed by atoms with Crippen LogP contribution in [0.4, 0.5) is 0 Å². The molecule has 0 spiro atoms. The predicted molar refractivity (Wildman–Crippen MR) is 47.7 cm³/mol. The van der Waals surface area contributed by atoms with Crippen LogP contribution in [0.2, 0.25) is 0 Å². The predicted octanol–water partition coefficient (Wildman–Crippen LogP) is 1.53. The Balaban J connectivity index is 2.27. The average Bonchev–Trinajstić information content (AvgIpc) is 2.37. The molecule has 0 aliphatic heterocycles. The molecule has 0 aromatic carbocycles. The zero-order valence-corrected chi connectivity index (χ0v) is 8.21. The molecule has 11 heavy (non-hydrogen) atoms. The van der Waals surface area contributed by atoms with Crippen LogP contribution in [-0.4, -0.2) is 20.3 Å². The lowest BCUT2D eigenvalue weighted by Crippen LogP contribution is -1.93. The van der Waals surface area contributed by atoms with Crippen molar-refractivity contribution in [1.29, 1.82) is 0 Å². The van der Waals surface area contributed by atoms with Gasteiger partial charge in [0.05, 0.1) is 11.9 Å². The van der Waals surface area contributed by atoms with E-state index in [-0.39, 0.29) is 0 Å². The molecule has 0 N–H and O–H groups in total. The van der Waals surface area contributed by atoms with Gasteiger partial charge >= 0.3 is 0 Å². The largest absolute Gasteiger partial charge is 0.188 e. The summed E-state index contributed by atoms with van der Waals surface area (Å²) < 4.78 is 0. The lowest BCUT2D eigenvalue weighted by atomic mass is 10.2. The molecule has 0 unspecified atom stereocenters. The highest BCUT2D eigenvalue weighted by Gasteiger charge is 1.96. The maximum atomic E-state index is 4.17. The Morgan fingerprint density at radius 2 is 2.36 bits per heavy atom. The van der Waals surface area contributed by atoms with Gasteiger partial charge in [-0.15, -0.1) is 0 Å². The molecule has 1 aromatic heterocycles. The fourth-order valence-electron chi connectivity index (χ4n) is 0.903. The summed E-state index contributed by atoms with van der Waals surface area (Å²) in [4.78, 5) is 1.60. The summed E-state index contributed by atoms with van der Waals surface area (Å²) >= 11 is 3.39. The first kappa shape index (κ1) is 8.71. The normalized spacial score (nSPS) is 10.4. The van der Waals surface area contributed by atoms with Crippen molar-refractivity contribution < 1.29 is 0 Å². The Morgan fingerprint density at radius 1 is 1.55 bits per heavy atom. The lowest BCUT2D eigenvalue weighted by molar-refractivity contribution is 0.640. The first-order valence-corrected chi connectivity index (χ1v) is 4.86. The summed E-state index contributed by atoms with van der Waals surface area (Å²) in [6.45, 7) is 0. The average molecular weight is 218 g/mol. The van der Waals surface area contributed by atoms with E-state index in [9.17, 15) is 0 Å². The number of hydrogen-bond donors (Lipinski definition) is 0. The van der Waals surface area contributed by atoms with Gasteiger partial charge in [-0.1, -0.05) is 15.9 Å². The van der Waals surface area contributed by atoms with E-state index in [1.807, 2.05) is 13.2 Å². The molecule has 0 fully saturated rings. The first-order valence-electron chi connectivity index (χ1n) is 3.74. The third-order valence-electron chi connectivity index (χ3n) is 1.46. The molecular formula is C7H12BrN3. The summed E-state index contributed by atoms with van der Waals surface area (Å²) in [5.74, 6) is 0. The SMILES string of the molecule is Cn1ncc(CCCCBr)n1. The summed E-state index contributed by atoms with van der Waals surface area (Å²) in [7, 11) is 1.84. The van der Waals surface area contributed by atoms with Crippen LogP contribution in [0.5, 0.6) is 0 Å². The minimum absolute atomic E-state index is 1.04. The molecule has 1 heterocycles. The number of aryl methyl sites for hydroxylation is 2. The van der Waals surface area contributed by atoms with Crippen molar-refractivity contribution in [2.75, 3.05) is 5.33 Å². The van der Waals surface area contributed by atoms with Crippen LogP contribution in [0.1, 0.15) is 18.5 Å². The van der Waals surface area contributed by atoms with Crippen molar-refractivity contribution >= 4 is 15.9 Å². The minimum Gasteiger partial charge on any atom is -0.188 e. The lowest BCUT2D eigenvalue weighted by Gasteiger charge is -1.91. The van der Waals surface area contributed by atoms with E-state index < -0.39 is 0 Å². The van der Waals surface area contributed by atoms with Gasteiger partial charge in [0.15, 0.2) is 0 Å². The highest BCUT2D eigenvalue weighted by molar-refractivity contribution is 9.09. The van der Waals surface area contributed by atoms with Crippen molar-refractivity contribution in [2.45, 2.75) is 19.3 Å². The molecule has 0 bridgehead atoms. The Morgan fingerprint density at radius 3 is 2.91 bits per heavy atom.